The lowest BCUT2D eigenvalue weighted by atomic mass is 9.93. The van der Waals surface area contributed by atoms with Gasteiger partial charge in [0.05, 0.1) is 0 Å². The van der Waals surface area contributed by atoms with Crippen molar-refractivity contribution >= 4 is 5.91 Å². The number of carbonyl (C=O) groups excluding carboxylic acids is 1. The Kier molecular flexibility index (Phi) is 4.58. The van der Waals surface area contributed by atoms with Crippen LogP contribution in [-0.4, -0.2) is 29.9 Å². The van der Waals surface area contributed by atoms with Gasteiger partial charge in [0.15, 0.2) is 0 Å². The molecule has 1 heterocycles. The molecule has 88 valence electrons. The molecule has 15 heavy (non-hydrogen) atoms. The second-order valence-corrected chi connectivity index (χ2v) is 4.99. The molecule has 0 spiro atoms. The minimum absolute atomic E-state index is 0.166. The third-order valence-electron chi connectivity index (χ3n) is 3.59. The summed E-state index contributed by atoms with van der Waals surface area (Å²) in [6.45, 7) is 8.06. The first-order chi connectivity index (χ1) is 7.04. The maximum absolute atomic E-state index is 11.9. The van der Waals surface area contributed by atoms with Gasteiger partial charge in [0.2, 0.25) is 5.91 Å². The molecule has 0 aliphatic carbocycles. The van der Waals surface area contributed by atoms with Crippen molar-refractivity contribution in [3.05, 3.63) is 0 Å². The fourth-order valence-electron chi connectivity index (χ4n) is 1.90. The van der Waals surface area contributed by atoms with Gasteiger partial charge in [0, 0.05) is 25.6 Å². The lowest BCUT2D eigenvalue weighted by molar-refractivity contribution is -0.133. The number of likely N-dealkylation sites (tertiary alicyclic amines) is 1. The summed E-state index contributed by atoms with van der Waals surface area (Å²) < 4.78 is 0. The fraction of sp³-hybridized carbons (Fsp3) is 0.917. The van der Waals surface area contributed by atoms with Crippen LogP contribution in [-0.2, 0) is 4.79 Å². The van der Waals surface area contributed by atoms with Crippen LogP contribution >= 0.6 is 0 Å². The molecule has 0 saturated carbocycles. The lowest BCUT2D eigenvalue weighted by Gasteiger charge is -2.35. The van der Waals surface area contributed by atoms with Crippen molar-refractivity contribution in [1.29, 1.82) is 0 Å². The molecule has 0 aromatic heterocycles. The topological polar surface area (TPSA) is 46.3 Å². The molecule has 1 aliphatic heterocycles. The first-order valence-corrected chi connectivity index (χ1v) is 6.08. The SMILES string of the molecule is CCC(C)CC(=O)N1CCC(C)C(N)C1. The summed E-state index contributed by atoms with van der Waals surface area (Å²) in [6.07, 6.45) is 2.80. The normalized spacial score (nSPS) is 28.9. The minimum Gasteiger partial charge on any atom is -0.341 e. The third kappa shape index (κ3) is 3.49. The maximum atomic E-state index is 11.9. The summed E-state index contributed by atoms with van der Waals surface area (Å²) in [4.78, 5) is 13.8. The van der Waals surface area contributed by atoms with E-state index in [1.165, 1.54) is 0 Å². The van der Waals surface area contributed by atoms with E-state index in [0.717, 1.165) is 25.9 Å². The summed E-state index contributed by atoms with van der Waals surface area (Å²) in [5.74, 6) is 1.33. The minimum atomic E-state index is 0.166. The van der Waals surface area contributed by atoms with Gasteiger partial charge in [-0.15, -0.1) is 0 Å². The Bertz CT molecular complexity index is 218. The molecule has 1 amide bonds. The number of carbonyl (C=O) groups is 1. The molecule has 2 N–H and O–H groups in total. The Morgan fingerprint density at radius 3 is 2.80 bits per heavy atom. The average molecular weight is 212 g/mol. The largest absolute Gasteiger partial charge is 0.341 e. The van der Waals surface area contributed by atoms with Gasteiger partial charge in [-0.3, -0.25) is 4.79 Å². The van der Waals surface area contributed by atoms with Crippen molar-refractivity contribution < 1.29 is 4.79 Å². The summed E-state index contributed by atoms with van der Waals surface area (Å²) in [6, 6.07) is 0.166. The van der Waals surface area contributed by atoms with Crippen molar-refractivity contribution in [3.63, 3.8) is 0 Å². The van der Waals surface area contributed by atoms with E-state index in [2.05, 4.69) is 20.8 Å². The molecule has 1 saturated heterocycles. The Morgan fingerprint density at radius 2 is 2.27 bits per heavy atom. The van der Waals surface area contributed by atoms with Crippen molar-refractivity contribution in [2.75, 3.05) is 13.1 Å². The first-order valence-electron chi connectivity index (χ1n) is 6.08. The van der Waals surface area contributed by atoms with Crippen LogP contribution in [0.15, 0.2) is 0 Å². The molecular formula is C12H24N2O. The number of nitrogens with two attached hydrogens (primary N) is 1. The van der Waals surface area contributed by atoms with Crippen molar-refractivity contribution in [3.8, 4) is 0 Å². The monoisotopic (exact) mass is 212 g/mol. The van der Waals surface area contributed by atoms with E-state index in [9.17, 15) is 4.79 Å². The molecule has 1 fully saturated rings. The van der Waals surface area contributed by atoms with Gasteiger partial charge >= 0.3 is 0 Å². The van der Waals surface area contributed by atoms with Crippen molar-refractivity contribution in [2.24, 2.45) is 17.6 Å². The molecular weight excluding hydrogens is 188 g/mol. The number of piperidine rings is 1. The summed E-state index contributed by atoms with van der Waals surface area (Å²) in [5, 5.41) is 0. The van der Waals surface area contributed by atoms with E-state index in [0.29, 0.717) is 18.3 Å². The Morgan fingerprint density at radius 1 is 1.60 bits per heavy atom. The highest BCUT2D eigenvalue weighted by molar-refractivity contribution is 5.76. The summed E-state index contributed by atoms with van der Waals surface area (Å²) in [5.41, 5.74) is 5.98. The van der Waals surface area contributed by atoms with Gasteiger partial charge < -0.3 is 10.6 Å². The number of rotatable bonds is 3. The predicted molar refractivity (Wildman–Crippen MR) is 62.4 cm³/mol. The van der Waals surface area contributed by atoms with Crippen LogP contribution in [0.2, 0.25) is 0 Å². The molecule has 3 heteroatoms. The van der Waals surface area contributed by atoms with Crippen LogP contribution in [0, 0.1) is 11.8 Å². The van der Waals surface area contributed by atoms with Crippen LogP contribution in [0.4, 0.5) is 0 Å². The average Bonchev–Trinajstić information content (AvgIpc) is 2.21. The highest BCUT2D eigenvalue weighted by Gasteiger charge is 2.26. The highest BCUT2D eigenvalue weighted by Crippen LogP contribution is 2.18. The third-order valence-corrected chi connectivity index (χ3v) is 3.59. The summed E-state index contributed by atoms with van der Waals surface area (Å²) >= 11 is 0. The Labute approximate surface area is 93.0 Å². The zero-order valence-electron chi connectivity index (χ0n) is 10.2. The zero-order valence-corrected chi connectivity index (χ0v) is 10.2. The van der Waals surface area contributed by atoms with E-state index in [1.807, 2.05) is 4.90 Å². The predicted octanol–water partition coefficient (Wildman–Crippen LogP) is 1.62. The molecule has 0 radical (unpaired) electrons. The molecule has 0 aromatic rings. The highest BCUT2D eigenvalue weighted by atomic mass is 16.2. The van der Waals surface area contributed by atoms with Crippen LogP contribution in [0.3, 0.4) is 0 Å². The molecule has 1 rings (SSSR count). The van der Waals surface area contributed by atoms with Crippen LogP contribution in [0.5, 0.6) is 0 Å². The number of hydrogen-bond donors (Lipinski definition) is 1. The molecule has 0 bridgehead atoms. The number of nitrogens with zero attached hydrogens (tertiary/aromatic N) is 1. The van der Waals surface area contributed by atoms with Gasteiger partial charge in [-0.05, 0) is 18.3 Å². The lowest BCUT2D eigenvalue weighted by Crippen LogP contribution is -2.49. The summed E-state index contributed by atoms with van der Waals surface area (Å²) in [7, 11) is 0. The standard InChI is InChI=1S/C12H24N2O/c1-4-9(2)7-12(15)14-6-5-10(3)11(13)8-14/h9-11H,4-8,13H2,1-3H3. The number of hydrogen-bond acceptors (Lipinski definition) is 2. The van der Waals surface area contributed by atoms with E-state index in [4.69, 9.17) is 5.73 Å². The Hall–Kier alpha value is -0.570. The maximum Gasteiger partial charge on any atom is 0.222 e. The Balaban J connectivity index is 2.40. The van der Waals surface area contributed by atoms with Gasteiger partial charge in [0.25, 0.3) is 0 Å². The number of amides is 1. The van der Waals surface area contributed by atoms with Gasteiger partial charge in [0.1, 0.15) is 0 Å². The molecule has 3 atom stereocenters. The molecule has 3 unspecified atom stereocenters. The van der Waals surface area contributed by atoms with Crippen LogP contribution in [0.25, 0.3) is 0 Å². The van der Waals surface area contributed by atoms with E-state index >= 15 is 0 Å². The van der Waals surface area contributed by atoms with Crippen LogP contribution < -0.4 is 5.73 Å². The van der Waals surface area contributed by atoms with E-state index < -0.39 is 0 Å². The van der Waals surface area contributed by atoms with E-state index in [1.54, 1.807) is 0 Å². The van der Waals surface area contributed by atoms with Crippen LogP contribution in [0.1, 0.15) is 40.0 Å². The zero-order chi connectivity index (χ0) is 11.4. The quantitative estimate of drug-likeness (QED) is 0.772. The fourth-order valence-corrected chi connectivity index (χ4v) is 1.90. The second-order valence-electron chi connectivity index (χ2n) is 4.99. The van der Waals surface area contributed by atoms with Crippen molar-refractivity contribution in [2.45, 2.75) is 46.1 Å². The van der Waals surface area contributed by atoms with Gasteiger partial charge in [-0.2, -0.15) is 0 Å². The molecule has 1 aliphatic rings. The van der Waals surface area contributed by atoms with Gasteiger partial charge in [-0.25, -0.2) is 0 Å². The van der Waals surface area contributed by atoms with E-state index in [-0.39, 0.29) is 11.9 Å². The molecule has 0 aromatic carbocycles. The van der Waals surface area contributed by atoms with Gasteiger partial charge in [-0.1, -0.05) is 27.2 Å². The molecule has 3 nitrogen and oxygen atoms in total. The first kappa shape index (κ1) is 12.5. The second kappa shape index (κ2) is 5.50. The van der Waals surface area contributed by atoms with Crippen molar-refractivity contribution in [1.82, 2.24) is 4.90 Å². The smallest absolute Gasteiger partial charge is 0.222 e.